The van der Waals surface area contributed by atoms with Gasteiger partial charge in [0, 0.05) is 29.4 Å². The highest BCUT2D eigenvalue weighted by molar-refractivity contribution is 6.30. The molecule has 5 nitrogen and oxygen atoms in total. The van der Waals surface area contributed by atoms with Crippen molar-refractivity contribution < 1.29 is 9.18 Å². The van der Waals surface area contributed by atoms with Gasteiger partial charge in [-0.05, 0) is 67.9 Å². The van der Waals surface area contributed by atoms with Crippen LogP contribution in [0.5, 0.6) is 0 Å². The largest absolute Gasteiger partial charge is 0.340 e. The first-order valence-corrected chi connectivity index (χ1v) is 12.0. The number of nitrogens with one attached hydrogen (secondary N) is 1. The Bertz CT molecular complexity index is 1350. The lowest BCUT2D eigenvalue weighted by Gasteiger charge is -2.30. The topological polar surface area (TPSA) is 50.2 Å². The molecule has 35 heavy (non-hydrogen) atoms. The van der Waals surface area contributed by atoms with Crippen molar-refractivity contribution in [1.82, 2.24) is 14.5 Å². The molecule has 4 aromatic rings. The quantitative estimate of drug-likeness (QED) is 0.347. The van der Waals surface area contributed by atoms with Crippen molar-refractivity contribution >= 4 is 29.0 Å². The molecule has 0 fully saturated rings. The van der Waals surface area contributed by atoms with E-state index in [1.165, 1.54) is 17.7 Å². The van der Waals surface area contributed by atoms with Crippen molar-refractivity contribution in [3.8, 4) is 11.3 Å². The zero-order valence-corrected chi connectivity index (χ0v) is 20.4. The van der Waals surface area contributed by atoms with E-state index in [0.29, 0.717) is 24.7 Å². The van der Waals surface area contributed by atoms with Crippen LogP contribution < -0.4 is 5.32 Å². The first kappa shape index (κ1) is 23.1. The molecule has 1 N–H and O–H groups in total. The van der Waals surface area contributed by atoms with Crippen LogP contribution in [0.15, 0.2) is 72.8 Å². The molecule has 1 atom stereocenters. The van der Waals surface area contributed by atoms with Crippen LogP contribution in [0.4, 0.5) is 15.9 Å². The Morgan fingerprint density at radius 2 is 1.69 bits per heavy atom. The molecule has 0 saturated heterocycles. The highest BCUT2D eigenvalue weighted by Crippen LogP contribution is 2.34. The van der Waals surface area contributed by atoms with Crippen LogP contribution in [0.2, 0.25) is 5.02 Å². The van der Waals surface area contributed by atoms with E-state index in [1.54, 1.807) is 12.1 Å². The van der Waals surface area contributed by atoms with Gasteiger partial charge in [-0.25, -0.2) is 9.37 Å². The molecule has 2 heterocycles. The first-order chi connectivity index (χ1) is 16.9. The van der Waals surface area contributed by atoms with Crippen LogP contribution >= 0.6 is 11.6 Å². The van der Waals surface area contributed by atoms with Gasteiger partial charge in [-0.3, -0.25) is 4.79 Å². The summed E-state index contributed by atoms with van der Waals surface area (Å²) in [5.74, 6) is 1.11. The zero-order chi connectivity index (χ0) is 24.5. The van der Waals surface area contributed by atoms with Crippen molar-refractivity contribution in [2.24, 2.45) is 0 Å². The maximum absolute atomic E-state index is 13.6. The Morgan fingerprint density at radius 3 is 2.37 bits per heavy atom. The molecule has 178 valence electrons. The standard InChI is InChI=1S/C28H26ClFN4O/c1-18-3-13-24(14-4-18)31-27-26(21-7-11-23(30)12-8-21)32-25-17-33(15-16-34(25)27)28(35)19(2)20-5-9-22(29)10-6-20/h3-14,19,31H,15-17H2,1-2H3. The monoisotopic (exact) mass is 488 g/mol. The molecule has 5 rings (SSSR count). The van der Waals surface area contributed by atoms with E-state index in [2.05, 4.69) is 9.88 Å². The number of rotatable bonds is 5. The number of hydrogen-bond acceptors (Lipinski definition) is 3. The van der Waals surface area contributed by atoms with Crippen molar-refractivity contribution in [2.75, 3.05) is 11.9 Å². The number of carbonyl (C=O) groups excluding carboxylic acids is 1. The number of hydrogen-bond donors (Lipinski definition) is 1. The number of imidazole rings is 1. The third-order valence-corrected chi connectivity index (χ3v) is 6.71. The number of nitrogens with zero attached hydrogens (tertiary/aromatic N) is 3. The molecule has 7 heteroatoms. The van der Waals surface area contributed by atoms with Gasteiger partial charge in [0.1, 0.15) is 23.2 Å². The second-order valence-corrected chi connectivity index (χ2v) is 9.34. The number of benzene rings is 3. The molecule has 1 amide bonds. The normalized spacial score (nSPS) is 13.9. The maximum Gasteiger partial charge on any atom is 0.230 e. The molecule has 1 aliphatic rings. The maximum atomic E-state index is 13.6. The van der Waals surface area contributed by atoms with Crippen molar-refractivity contribution in [1.29, 1.82) is 0 Å². The van der Waals surface area contributed by atoms with Gasteiger partial charge in [-0.15, -0.1) is 0 Å². The van der Waals surface area contributed by atoms with Gasteiger partial charge in [0.15, 0.2) is 0 Å². The number of anilines is 2. The molecule has 1 aliphatic heterocycles. The summed E-state index contributed by atoms with van der Waals surface area (Å²) < 4.78 is 15.7. The second kappa shape index (κ2) is 9.55. The Hall–Kier alpha value is -3.64. The summed E-state index contributed by atoms with van der Waals surface area (Å²) in [4.78, 5) is 20.1. The second-order valence-electron chi connectivity index (χ2n) is 8.91. The average Bonchev–Trinajstić information content (AvgIpc) is 3.23. The molecular formula is C28H26ClFN4O. The molecule has 0 aliphatic carbocycles. The number of amides is 1. The third kappa shape index (κ3) is 4.80. The van der Waals surface area contributed by atoms with E-state index in [9.17, 15) is 9.18 Å². The average molecular weight is 489 g/mol. The minimum absolute atomic E-state index is 0.0537. The van der Waals surface area contributed by atoms with Gasteiger partial charge >= 0.3 is 0 Å². The van der Waals surface area contributed by atoms with Crippen molar-refractivity contribution in [3.63, 3.8) is 0 Å². The molecule has 3 aromatic carbocycles. The highest BCUT2D eigenvalue weighted by Gasteiger charge is 2.29. The van der Waals surface area contributed by atoms with E-state index in [1.807, 2.05) is 67.3 Å². The zero-order valence-electron chi connectivity index (χ0n) is 19.6. The lowest BCUT2D eigenvalue weighted by Crippen LogP contribution is -2.40. The van der Waals surface area contributed by atoms with E-state index in [0.717, 1.165) is 34.2 Å². The summed E-state index contributed by atoms with van der Waals surface area (Å²) in [6, 6.07) is 21.9. The molecule has 0 spiro atoms. The van der Waals surface area contributed by atoms with Gasteiger partial charge in [0.2, 0.25) is 5.91 Å². The molecular weight excluding hydrogens is 463 g/mol. The van der Waals surface area contributed by atoms with Gasteiger partial charge < -0.3 is 14.8 Å². The predicted molar refractivity (Wildman–Crippen MR) is 137 cm³/mol. The molecule has 1 aromatic heterocycles. The van der Waals surface area contributed by atoms with E-state index in [-0.39, 0.29) is 17.6 Å². The Labute approximate surface area is 209 Å². The number of halogens is 2. The fourth-order valence-electron chi connectivity index (χ4n) is 4.40. The lowest BCUT2D eigenvalue weighted by molar-refractivity contribution is -0.134. The SMILES string of the molecule is Cc1ccc(Nc2c(-c3ccc(F)cc3)nc3n2CCN(C(=O)C(C)c2ccc(Cl)cc2)C3)cc1. The van der Waals surface area contributed by atoms with E-state index in [4.69, 9.17) is 16.6 Å². The van der Waals surface area contributed by atoms with Gasteiger partial charge in [0.05, 0.1) is 12.5 Å². The van der Waals surface area contributed by atoms with E-state index >= 15 is 0 Å². The summed E-state index contributed by atoms with van der Waals surface area (Å²) in [5, 5.41) is 4.16. The minimum Gasteiger partial charge on any atom is -0.340 e. The number of fused-ring (bicyclic) bond motifs is 1. The summed E-state index contributed by atoms with van der Waals surface area (Å²) in [6.07, 6.45) is 0. The van der Waals surface area contributed by atoms with Crippen LogP contribution in [-0.4, -0.2) is 26.9 Å². The van der Waals surface area contributed by atoms with Crippen molar-refractivity contribution in [2.45, 2.75) is 32.9 Å². The number of aryl methyl sites for hydroxylation is 1. The highest BCUT2D eigenvalue weighted by atomic mass is 35.5. The smallest absolute Gasteiger partial charge is 0.230 e. The van der Waals surface area contributed by atoms with Crippen LogP contribution in [0, 0.1) is 12.7 Å². The van der Waals surface area contributed by atoms with E-state index < -0.39 is 0 Å². The number of carbonyl (C=O) groups is 1. The van der Waals surface area contributed by atoms with Crippen molar-refractivity contribution in [3.05, 3.63) is 101 Å². The van der Waals surface area contributed by atoms with Gasteiger partial charge in [-0.2, -0.15) is 0 Å². The fourth-order valence-corrected chi connectivity index (χ4v) is 4.52. The van der Waals surface area contributed by atoms with Crippen LogP contribution in [0.3, 0.4) is 0 Å². The predicted octanol–water partition coefficient (Wildman–Crippen LogP) is 6.54. The lowest BCUT2D eigenvalue weighted by atomic mass is 9.99. The van der Waals surface area contributed by atoms with Gasteiger partial charge in [-0.1, -0.05) is 41.4 Å². The van der Waals surface area contributed by atoms with Crippen LogP contribution in [0.25, 0.3) is 11.3 Å². The number of aromatic nitrogens is 2. The van der Waals surface area contributed by atoms with Crippen LogP contribution in [0.1, 0.15) is 29.8 Å². The summed E-state index contributed by atoms with van der Waals surface area (Å²) in [5.41, 5.74) is 4.60. The minimum atomic E-state index is -0.293. The summed E-state index contributed by atoms with van der Waals surface area (Å²) in [6.45, 7) is 5.55. The Morgan fingerprint density at radius 1 is 1.00 bits per heavy atom. The Kier molecular flexibility index (Phi) is 6.31. The summed E-state index contributed by atoms with van der Waals surface area (Å²) >= 11 is 6.01. The van der Waals surface area contributed by atoms with Crippen LogP contribution in [-0.2, 0) is 17.9 Å². The molecule has 0 radical (unpaired) electrons. The first-order valence-electron chi connectivity index (χ1n) is 11.6. The molecule has 1 unspecified atom stereocenters. The molecule has 0 bridgehead atoms. The Balaban J connectivity index is 1.46. The fraction of sp³-hybridized carbons (Fsp3) is 0.214. The van der Waals surface area contributed by atoms with Gasteiger partial charge in [0.25, 0.3) is 0 Å². The summed E-state index contributed by atoms with van der Waals surface area (Å²) in [7, 11) is 0. The third-order valence-electron chi connectivity index (χ3n) is 6.46. The molecule has 0 saturated carbocycles.